The molecule has 150 valence electrons. The molecule has 1 aromatic carbocycles. The number of nitrogens with zero attached hydrogens (tertiary/aromatic N) is 2. The molecule has 1 fully saturated rings. The van der Waals surface area contributed by atoms with Crippen molar-refractivity contribution in [2.75, 3.05) is 45.1 Å². The minimum atomic E-state index is -1.09. The first-order valence-electron chi connectivity index (χ1n) is 8.93. The summed E-state index contributed by atoms with van der Waals surface area (Å²) >= 11 is 1.58. The summed E-state index contributed by atoms with van der Waals surface area (Å²) in [5, 5.41) is 8.95. The Hall–Kier alpha value is -2.36. The zero-order valence-corrected chi connectivity index (χ0v) is 16.3. The molecular formula is C19H22F2N4O2S. The highest BCUT2D eigenvalue weighted by molar-refractivity contribution is 7.08. The largest absolute Gasteiger partial charge is 0.346 e. The average molecular weight is 408 g/mol. The van der Waals surface area contributed by atoms with E-state index in [4.69, 9.17) is 0 Å². The van der Waals surface area contributed by atoms with Crippen LogP contribution >= 0.6 is 11.3 Å². The van der Waals surface area contributed by atoms with E-state index in [9.17, 15) is 18.4 Å². The Labute approximate surface area is 166 Å². The molecule has 3 rings (SSSR count). The maximum atomic E-state index is 13.2. The van der Waals surface area contributed by atoms with Crippen LogP contribution in [-0.4, -0.2) is 61.4 Å². The fraction of sp³-hybridized carbons (Fsp3) is 0.368. The van der Waals surface area contributed by atoms with Gasteiger partial charge in [-0.05, 0) is 41.6 Å². The van der Waals surface area contributed by atoms with Crippen molar-refractivity contribution in [3.05, 3.63) is 52.2 Å². The fourth-order valence-corrected chi connectivity index (χ4v) is 3.79. The smallest absolute Gasteiger partial charge is 0.313 e. The fourth-order valence-electron chi connectivity index (χ4n) is 3.09. The molecule has 1 saturated heterocycles. The molecule has 0 aliphatic carbocycles. The maximum absolute atomic E-state index is 13.2. The summed E-state index contributed by atoms with van der Waals surface area (Å²) in [6, 6.07) is 4.91. The lowest BCUT2D eigenvalue weighted by Gasteiger charge is -2.37. The summed E-state index contributed by atoms with van der Waals surface area (Å²) in [4.78, 5) is 28.8. The SMILES string of the molecule is CN1CCN(C(CNC(=O)C(=O)Nc2ccc(F)c(F)c2)c2ccsc2)CC1. The third kappa shape index (κ3) is 5.12. The van der Waals surface area contributed by atoms with Gasteiger partial charge in [-0.25, -0.2) is 8.78 Å². The van der Waals surface area contributed by atoms with Gasteiger partial charge in [0.25, 0.3) is 0 Å². The number of likely N-dealkylation sites (N-methyl/N-ethyl adjacent to an activating group) is 1. The number of anilines is 1. The van der Waals surface area contributed by atoms with E-state index < -0.39 is 23.4 Å². The molecule has 9 heteroatoms. The molecule has 1 unspecified atom stereocenters. The minimum absolute atomic E-state index is 0.0208. The van der Waals surface area contributed by atoms with Crippen LogP contribution in [0.2, 0.25) is 0 Å². The number of hydrogen-bond acceptors (Lipinski definition) is 5. The van der Waals surface area contributed by atoms with E-state index >= 15 is 0 Å². The van der Waals surface area contributed by atoms with Gasteiger partial charge in [-0.1, -0.05) is 0 Å². The van der Waals surface area contributed by atoms with Crippen molar-refractivity contribution in [1.82, 2.24) is 15.1 Å². The van der Waals surface area contributed by atoms with Crippen LogP contribution in [0.15, 0.2) is 35.0 Å². The van der Waals surface area contributed by atoms with Crippen molar-refractivity contribution in [3.63, 3.8) is 0 Å². The second kappa shape index (κ2) is 9.22. The lowest BCUT2D eigenvalue weighted by molar-refractivity contribution is -0.136. The molecule has 28 heavy (non-hydrogen) atoms. The summed E-state index contributed by atoms with van der Waals surface area (Å²) in [5.74, 6) is -3.86. The Morgan fingerprint density at radius 1 is 1.11 bits per heavy atom. The Morgan fingerprint density at radius 3 is 2.50 bits per heavy atom. The van der Waals surface area contributed by atoms with Crippen LogP contribution in [0.3, 0.4) is 0 Å². The Bertz CT molecular complexity index is 823. The third-order valence-corrected chi connectivity index (χ3v) is 5.45. The maximum Gasteiger partial charge on any atom is 0.313 e. The molecule has 2 amide bonds. The topological polar surface area (TPSA) is 64.7 Å². The molecule has 2 heterocycles. The molecule has 0 bridgehead atoms. The van der Waals surface area contributed by atoms with Gasteiger partial charge >= 0.3 is 11.8 Å². The third-order valence-electron chi connectivity index (χ3n) is 4.75. The molecule has 1 aliphatic rings. The summed E-state index contributed by atoms with van der Waals surface area (Å²) in [7, 11) is 2.07. The van der Waals surface area contributed by atoms with Crippen molar-refractivity contribution in [1.29, 1.82) is 0 Å². The first kappa shape index (κ1) is 20.4. The van der Waals surface area contributed by atoms with Gasteiger partial charge in [0.05, 0.1) is 6.04 Å². The number of halogens is 2. The van der Waals surface area contributed by atoms with Crippen molar-refractivity contribution < 1.29 is 18.4 Å². The van der Waals surface area contributed by atoms with Crippen LogP contribution in [0, 0.1) is 11.6 Å². The van der Waals surface area contributed by atoms with Gasteiger partial charge in [0.15, 0.2) is 11.6 Å². The van der Waals surface area contributed by atoms with Crippen molar-refractivity contribution in [3.8, 4) is 0 Å². The Morgan fingerprint density at radius 2 is 1.86 bits per heavy atom. The van der Waals surface area contributed by atoms with E-state index in [1.165, 1.54) is 6.07 Å². The molecule has 1 atom stereocenters. The number of thiophene rings is 1. The van der Waals surface area contributed by atoms with Crippen LogP contribution in [0.4, 0.5) is 14.5 Å². The second-order valence-electron chi connectivity index (χ2n) is 6.70. The number of nitrogens with one attached hydrogen (secondary N) is 2. The van der Waals surface area contributed by atoms with E-state index in [-0.39, 0.29) is 18.3 Å². The zero-order valence-electron chi connectivity index (χ0n) is 15.5. The lowest BCUT2D eigenvalue weighted by Crippen LogP contribution is -2.49. The minimum Gasteiger partial charge on any atom is -0.346 e. The van der Waals surface area contributed by atoms with Crippen LogP contribution in [0.1, 0.15) is 11.6 Å². The quantitative estimate of drug-likeness (QED) is 0.744. The van der Waals surface area contributed by atoms with Crippen LogP contribution in [0.25, 0.3) is 0 Å². The van der Waals surface area contributed by atoms with E-state index in [1.54, 1.807) is 11.3 Å². The van der Waals surface area contributed by atoms with Crippen molar-refractivity contribution in [2.24, 2.45) is 0 Å². The van der Waals surface area contributed by atoms with E-state index in [0.29, 0.717) is 0 Å². The second-order valence-corrected chi connectivity index (χ2v) is 7.48. The van der Waals surface area contributed by atoms with Gasteiger partial charge in [-0.3, -0.25) is 14.5 Å². The molecule has 2 N–H and O–H groups in total. The molecule has 0 saturated carbocycles. The summed E-state index contributed by atoms with van der Waals surface area (Å²) < 4.78 is 26.2. The van der Waals surface area contributed by atoms with Gasteiger partial charge in [0, 0.05) is 44.5 Å². The van der Waals surface area contributed by atoms with Crippen LogP contribution < -0.4 is 10.6 Å². The zero-order chi connectivity index (χ0) is 20.1. The number of benzene rings is 1. The predicted molar refractivity (Wildman–Crippen MR) is 104 cm³/mol. The molecule has 1 aromatic heterocycles. The average Bonchev–Trinajstić information content (AvgIpc) is 3.20. The first-order chi connectivity index (χ1) is 13.4. The number of amides is 2. The number of carbonyl (C=O) groups excluding carboxylic acids is 2. The van der Waals surface area contributed by atoms with Gasteiger partial charge < -0.3 is 15.5 Å². The standard InChI is InChI=1S/C19H22F2N4O2S/c1-24-5-7-25(8-6-24)17(13-4-9-28-12-13)11-22-18(26)19(27)23-14-2-3-15(20)16(21)10-14/h2-4,9-10,12,17H,5-8,11H2,1H3,(H,22,26)(H,23,27). The summed E-state index contributed by atoms with van der Waals surface area (Å²) in [6.45, 7) is 3.89. The molecular weight excluding hydrogens is 386 g/mol. The first-order valence-corrected chi connectivity index (χ1v) is 9.87. The van der Waals surface area contributed by atoms with E-state index in [0.717, 1.165) is 43.9 Å². The van der Waals surface area contributed by atoms with Crippen LogP contribution in [-0.2, 0) is 9.59 Å². The molecule has 2 aromatic rings. The highest BCUT2D eigenvalue weighted by atomic mass is 32.1. The number of carbonyl (C=O) groups is 2. The van der Waals surface area contributed by atoms with E-state index in [2.05, 4.69) is 27.5 Å². The Kier molecular flexibility index (Phi) is 6.71. The number of rotatable bonds is 5. The molecule has 0 spiro atoms. The van der Waals surface area contributed by atoms with Gasteiger partial charge in [-0.2, -0.15) is 11.3 Å². The monoisotopic (exact) mass is 408 g/mol. The van der Waals surface area contributed by atoms with Gasteiger partial charge in [0.1, 0.15) is 0 Å². The molecule has 6 nitrogen and oxygen atoms in total. The van der Waals surface area contributed by atoms with Gasteiger partial charge in [0.2, 0.25) is 0 Å². The van der Waals surface area contributed by atoms with Gasteiger partial charge in [-0.15, -0.1) is 0 Å². The van der Waals surface area contributed by atoms with Crippen molar-refractivity contribution in [2.45, 2.75) is 6.04 Å². The lowest BCUT2D eigenvalue weighted by atomic mass is 10.1. The highest BCUT2D eigenvalue weighted by Gasteiger charge is 2.25. The summed E-state index contributed by atoms with van der Waals surface area (Å²) in [6.07, 6.45) is 0. The Balaban J connectivity index is 1.59. The molecule has 0 radical (unpaired) electrons. The number of hydrogen-bond donors (Lipinski definition) is 2. The highest BCUT2D eigenvalue weighted by Crippen LogP contribution is 2.23. The number of piperazine rings is 1. The molecule has 1 aliphatic heterocycles. The van der Waals surface area contributed by atoms with E-state index in [1.807, 2.05) is 16.8 Å². The predicted octanol–water partition coefficient (Wildman–Crippen LogP) is 2.07. The van der Waals surface area contributed by atoms with Crippen LogP contribution in [0.5, 0.6) is 0 Å². The summed E-state index contributed by atoms with van der Waals surface area (Å²) in [5.41, 5.74) is 1.11. The van der Waals surface area contributed by atoms with Crippen molar-refractivity contribution >= 4 is 28.8 Å². The normalized spacial score (nSPS) is 16.5.